The van der Waals surface area contributed by atoms with Crippen molar-refractivity contribution in [2.45, 2.75) is 19.9 Å². The highest BCUT2D eigenvalue weighted by Crippen LogP contribution is 2.30. The SMILES string of the molecule is CC(C)n1c(Nc2ccc(-n3ccnc3)cc2)nc2c(Nc3ccc(N4CCOCC4)cc3)ncnc21. The normalized spacial score (nSPS) is 13.9. The van der Waals surface area contributed by atoms with E-state index < -0.39 is 0 Å². The average molecular weight is 496 g/mol. The second kappa shape index (κ2) is 9.90. The smallest absolute Gasteiger partial charge is 0.210 e. The van der Waals surface area contributed by atoms with Gasteiger partial charge in [-0.15, -0.1) is 0 Å². The second-order valence-electron chi connectivity index (χ2n) is 9.21. The molecule has 37 heavy (non-hydrogen) atoms. The fourth-order valence-corrected chi connectivity index (χ4v) is 4.55. The lowest BCUT2D eigenvalue weighted by molar-refractivity contribution is 0.122. The van der Waals surface area contributed by atoms with Gasteiger partial charge in [-0.05, 0) is 62.4 Å². The quantitative estimate of drug-likeness (QED) is 0.328. The maximum absolute atomic E-state index is 5.47. The molecule has 0 amide bonds. The van der Waals surface area contributed by atoms with E-state index in [0.717, 1.165) is 49.0 Å². The molecular weight excluding hydrogens is 466 g/mol. The van der Waals surface area contributed by atoms with Crippen molar-refractivity contribution in [2.75, 3.05) is 41.8 Å². The molecule has 1 fully saturated rings. The number of aromatic nitrogens is 6. The van der Waals surface area contributed by atoms with E-state index in [-0.39, 0.29) is 6.04 Å². The molecule has 10 heteroatoms. The van der Waals surface area contributed by atoms with Crippen LogP contribution < -0.4 is 15.5 Å². The molecule has 1 aliphatic heterocycles. The molecule has 2 aromatic carbocycles. The predicted octanol–water partition coefficient (Wildman–Crippen LogP) is 4.92. The molecular formula is C27H29N9O. The van der Waals surface area contributed by atoms with Gasteiger partial charge in [0.25, 0.3) is 0 Å². The zero-order valence-electron chi connectivity index (χ0n) is 20.9. The molecule has 0 unspecified atom stereocenters. The van der Waals surface area contributed by atoms with Crippen LogP contribution >= 0.6 is 0 Å². The van der Waals surface area contributed by atoms with Crippen LogP contribution in [0.15, 0.2) is 73.6 Å². The summed E-state index contributed by atoms with van der Waals surface area (Å²) in [6, 6.07) is 16.7. The maximum Gasteiger partial charge on any atom is 0.210 e. The highest BCUT2D eigenvalue weighted by molar-refractivity contribution is 5.88. The van der Waals surface area contributed by atoms with Gasteiger partial charge in [0.2, 0.25) is 5.95 Å². The number of nitrogens with zero attached hydrogens (tertiary/aromatic N) is 7. The van der Waals surface area contributed by atoms with E-state index in [4.69, 9.17) is 9.72 Å². The van der Waals surface area contributed by atoms with Crippen LogP contribution in [0, 0.1) is 0 Å². The van der Waals surface area contributed by atoms with Crippen molar-refractivity contribution in [3.8, 4) is 5.69 Å². The van der Waals surface area contributed by atoms with Gasteiger partial charge in [-0.25, -0.2) is 19.9 Å². The van der Waals surface area contributed by atoms with Crippen molar-refractivity contribution in [3.05, 3.63) is 73.6 Å². The van der Waals surface area contributed by atoms with E-state index in [1.807, 2.05) is 35.0 Å². The minimum Gasteiger partial charge on any atom is -0.378 e. The lowest BCUT2D eigenvalue weighted by Gasteiger charge is -2.28. The van der Waals surface area contributed by atoms with Gasteiger partial charge in [0.15, 0.2) is 17.0 Å². The van der Waals surface area contributed by atoms with E-state index in [1.54, 1.807) is 18.9 Å². The Kier molecular flexibility index (Phi) is 6.15. The van der Waals surface area contributed by atoms with E-state index in [0.29, 0.717) is 17.3 Å². The van der Waals surface area contributed by atoms with Gasteiger partial charge in [-0.2, -0.15) is 0 Å². The third-order valence-electron chi connectivity index (χ3n) is 6.43. The number of benzene rings is 2. The van der Waals surface area contributed by atoms with Crippen molar-refractivity contribution in [1.29, 1.82) is 0 Å². The summed E-state index contributed by atoms with van der Waals surface area (Å²) in [4.78, 5) is 20.5. The van der Waals surface area contributed by atoms with Crippen molar-refractivity contribution in [3.63, 3.8) is 0 Å². The number of imidazole rings is 2. The first kappa shape index (κ1) is 23.0. The number of hydrogen-bond donors (Lipinski definition) is 2. The Hall–Kier alpha value is -4.44. The Morgan fingerprint density at radius 3 is 2.24 bits per heavy atom. The lowest BCUT2D eigenvalue weighted by Crippen LogP contribution is -2.36. The van der Waals surface area contributed by atoms with Crippen molar-refractivity contribution < 1.29 is 4.74 Å². The number of fused-ring (bicyclic) bond motifs is 1. The number of ether oxygens (including phenoxy) is 1. The van der Waals surface area contributed by atoms with Crippen LogP contribution in [-0.4, -0.2) is 55.4 Å². The van der Waals surface area contributed by atoms with E-state index >= 15 is 0 Å². The van der Waals surface area contributed by atoms with Crippen LogP contribution in [0.2, 0.25) is 0 Å². The van der Waals surface area contributed by atoms with E-state index in [1.165, 1.54) is 5.69 Å². The molecule has 1 saturated heterocycles. The molecule has 188 valence electrons. The van der Waals surface area contributed by atoms with Crippen LogP contribution in [0.25, 0.3) is 16.9 Å². The molecule has 0 saturated carbocycles. The minimum atomic E-state index is 0.147. The number of rotatable bonds is 7. The number of morpholine rings is 1. The van der Waals surface area contributed by atoms with Crippen LogP contribution in [0.3, 0.4) is 0 Å². The fourth-order valence-electron chi connectivity index (χ4n) is 4.55. The van der Waals surface area contributed by atoms with Crippen molar-refractivity contribution >= 4 is 40.0 Å². The Morgan fingerprint density at radius 2 is 1.57 bits per heavy atom. The predicted molar refractivity (Wildman–Crippen MR) is 145 cm³/mol. The summed E-state index contributed by atoms with van der Waals surface area (Å²) in [6.45, 7) is 7.59. The molecule has 10 nitrogen and oxygen atoms in total. The van der Waals surface area contributed by atoms with Gasteiger partial charge in [0.1, 0.15) is 6.33 Å². The van der Waals surface area contributed by atoms with Gasteiger partial charge in [-0.3, -0.25) is 4.57 Å². The van der Waals surface area contributed by atoms with Crippen LogP contribution in [0.1, 0.15) is 19.9 Å². The Morgan fingerprint density at radius 1 is 0.865 bits per heavy atom. The molecule has 0 bridgehead atoms. The van der Waals surface area contributed by atoms with E-state index in [9.17, 15) is 0 Å². The summed E-state index contributed by atoms with van der Waals surface area (Å²) in [5.74, 6) is 1.38. The highest BCUT2D eigenvalue weighted by Gasteiger charge is 2.19. The molecule has 0 aliphatic carbocycles. The largest absolute Gasteiger partial charge is 0.378 e. The molecule has 6 rings (SSSR count). The first-order chi connectivity index (χ1) is 18.2. The standard InChI is InChI=1S/C27H29N9O/c1-19(2)36-26-24(33-27(36)32-21-5-9-23(10-6-21)35-12-11-28-18-35)25(29-17-30-26)31-20-3-7-22(8-4-20)34-13-15-37-16-14-34/h3-12,17-19H,13-16H2,1-2H3,(H,32,33)(H,29,30,31). The monoisotopic (exact) mass is 495 g/mol. The summed E-state index contributed by atoms with van der Waals surface area (Å²) in [6.07, 6.45) is 7.05. The van der Waals surface area contributed by atoms with Crippen molar-refractivity contribution in [1.82, 2.24) is 29.1 Å². The summed E-state index contributed by atoms with van der Waals surface area (Å²) in [5, 5.41) is 6.90. The first-order valence-corrected chi connectivity index (χ1v) is 12.4. The zero-order valence-corrected chi connectivity index (χ0v) is 20.9. The number of hydrogen-bond acceptors (Lipinski definition) is 8. The van der Waals surface area contributed by atoms with E-state index in [2.05, 4.69) is 73.2 Å². The molecule has 4 heterocycles. The van der Waals surface area contributed by atoms with Gasteiger partial charge in [0.05, 0.1) is 19.5 Å². The second-order valence-corrected chi connectivity index (χ2v) is 9.21. The summed E-state index contributed by atoms with van der Waals surface area (Å²) in [5.41, 5.74) is 5.60. The molecule has 3 aromatic heterocycles. The number of anilines is 5. The third-order valence-corrected chi connectivity index (χ3v) is 6.43. The summed E-state index contributed by atoms with van der Waals surface area (Å²) < 4.78 is 9.52. The molecule has 0 spiro atoms. The Labute approximate surface area is 215 Å². The highest BCUT2D eigenvalue weighted by atomic mass is 16.5. The molecule has 0 radical (unpaired) electrons. The van der Waals surface area contributed by atoms with Gasteiger partial charge < -0.3 is 24.8 Å². The fraction of sp³-hybridized carbons (Fsp3) is 0.259. The third kappa shape index (κ3) is 4.70. The Balaban J connectivity index is 1.27. The number of nitrogens with one attached hydrogen (secondary N) is 2. The molecule has 1 aliphatic rings. The molecule has 2 N–H and O–H groups in total. The Bertz CT molecular complexity index is 1470. The average Bonchev–Trinajstić information content (AvgIpc) is 3.59. The maximum atomic E-state index is 5.47. The van der Waals surface area contributed by atoms with Crippen LogP contribution in [-0.2, 0) is 4.74 Å². The zero-order chi connectivity index (χ0) is 25.2. The summed E-state index contributed by atoms with van der Waals surface area (Å²) >= 11 is 0. The van der Waals surface area contributed by atoms with Crippen LogP contribution in [0.4, 0.5) is 28.8 Å². The van der Waals surface area contributed by atoms with Crippen molar-refractivity contribution in [2.24, 2.45) is 0 Å². The van der Waals surface area contributed by atoms with Gasteiger partial charge >= 0.3 is 0 Å². The molecule has 5 aromatic rings. The molecule has 0 atom stereocenters. The topological polar surface area (TPSA) is 98.0 Å². The van der Waals surface area contributed by atoms with Gasteiger partial charge in [-0.1, -0.05) is 0 Å². The first-order valence-electron chi connectivity index (χ1n) is 12.4. The van der Waals surface area contributed by atoms with Gasteiger partial charge in [0, 0.05) is 54.3 Å². The minimum absolute atomic E-state index is 0.147. The summed E-state index contributed by atoms with van der Waals surface area (Å²) in [7, 11) is 0. The van der Waals surface area contributed by atoms with Crippen LogP contribution in [0.5, 0.6) is 0 Å². The lowest BCUT2D eigenvalue weighted by atomic mass is 10.2.